The molecule has 5 N–H and O–H groups in total. The van der Waals surface area contributed by atoms with Crippen molar-refractivity contribution in [3.8, 4) is 0 Å². The van der Waals surface area contributed by atoms with Crippen molar-refractivity contribution in [1.82, 2.24) is 5.48 Å². The number of nitrogens with two attached hydrogens (primary N) is 2. The Labute approximate surface area is 35.1 Å². The third-order valence-corrected chi connectivity index (χ3v) is 0.226. The van der Waals surface area contributed by atoms with Crippen LogP contribution in [0.2, 0.25) is 0 Å². The van der Waals surface area contributed by atoms with Gasteiger partial charge in [0.2, 0.25) is 0 Å². The van der Waals surface area contributed by atoms with Crippen LogP contribution in [-0.2, 0) is 9.78 Å². The maximum absolute atomic E-state index is 4.52. The lowest BCUT2D eigenvalue weighted by Crippen LogP contribution is -2.23. The van der Waals surface area contributed by atoms with Crippen molar-refractivity contribution in [2.45, 2.75) is 0 Å². The van der Waals surface area contributed by atoms with Gasteiger partial charge in [-0.3, -0.25) is 4.84 Å². The minimum atomic E-state index is 0.0938. The molecule has 0 amide bonds. The molecule has 0 fully saturated rings. The topological polar surface area (TPSA) is 82.5 Å². The van der Waals surface area contributed by atoms with Gasteiger partial charge in [-0.25, -0.2) is 10.8 Å². The second kappa shape index (κ2) is 4.80. The molecule has 0 spiro atoms. The fourth-order valence-corrected chi connectivity index (χ4v) is 0.0680. The summed E-state index contributed by atoms with van der Waals surface area (Å²) in [6.07, 6.45) is 0. The number of hydrogen-bond acceptors (Lipinski definition) is 5. The predicted octanol–water partition coefficient (Wildman–Crippen LogP) is -1.77. The first-order valence-electron chi connectivity index (χ1n) is 1.32. The first kappa shape index (κ1) is 5.80. The molecule has 0 bridgehead atoms. The fraction of sp³-hybridized carbons (Fsp3) is 1.00. The molecule has 0 unspecified atom stereocenters. The van der Waals surface area contributed by atoms with Crippen LogP contribution in [0.5, 0.6) is 0 Å². The minimum absolute atomic E-state index is 0.0938. The van der Waals surface area contributed by atoms with Crippen LogP contribution in [0.1, 0.15) is 0 Å². The molecule has 0 rings (SSSR count). The van der Waals surface area contributed by atoms with E-state index in [2.05, 4.69) is 27.0 Å². The Morgan fingerprint density at radius 2 is 2.17 bits per heavy atom. The van der Waals surface area contributed by atoms with Crippen molar-refractivity contribution in [3.63, 3.8) is 0 Å². The third-order valence-electron chi connectivity index (χ3n) is 0.226. The molecule has 0 aromatic rings. The summed E-state index contributed by atoms with van der Waals surface area (Å²) in [5, 5.41) is 0. The summed E-state index contributed by atoms with van der Waals surface area (Å²) in [4.78, 5) is 7.79. The Balaban J connectivity index is 2.34. The second-order valence-electron chi connectivity index (χ2n) is 0.573. The van der Waals surface area contributed by atoms with E-state index in [1.807, 2.05) is 0 Å². The lowest BCUT2D eigenvalue weighted by atomic mass is 11.4. The molecule has 0 aliphatic rings. The fourth-order valence-electron chi connectivity index (χ4n) is 0.0680. The van der Waals surface area contributed by atoms with E-state index in [9.17, 15) is 0 Å². The molecule has 0 aromatic heterocycles. The zero-order valence-electron chi connectivity index (χ0n) is 3.18. The molecule has 0 aliphatic carbocycles. The lowest BCUT2D eigenvalue weighted by Gasteiger charge is -1.93. The van der Waals surface area contributed by atoms with Crippen molar-refractivity contribution in [2.75, 3.05) is 6.73 Å². The summed E-state index contributed by atoms with van der Waals surface area (Å²) in [6, 6.07) is 0. The molecular formula is CH7N3O2. The van der Waals surface area contributed by atoms with Gasteiger partial charge in [0, 0.05) is 0 Å². The van der Waals surface area contributed by atoms with Gasteiger partial charge >= 0.3 is 0 Å². The molecule has 0 saturated carbocycles. The summed E-state index contributed by atoms with van der Waals surface area (Å²) in [5.74, 6) is 8.98. The van der Waals surface area contributed by atoms with E-state index in [4.69, 9.17) is 0 Å². The normalized spacial score (nSPS) is 9.00. The Kier molecular flexibility index (Phi) is 4.64. The van der Waals surface area contributed by atoms with Gasteiger partial charge in [0.05, 0.1) is 0 Å². The van der Waals surface area contributed by atoms with Gasteiger partial charge in [-0.1, -0.05) is 0 Å². The molecular weight excluding hydrogens is 86.0 g/mol. The summed E-state index contributed by atoms with van der Waals surface area (Å²) in [6.45, 7) is 0.0938. The van der Waals surface area contributed by atoms with E-state index in [0.717, 1.165) is 0 Å². The first-order valence-corrected chi connectivity index (χ1v) is 1.32. The summed E-state index contributed by atoms with van der Waals surface area (Å²) in [5.41, 5.74) is 2.13. The molecule has 6 heavy (non-hydrogen) atoms. The van der Waals surface area contributed by atoms with Crippen molar-refractivity contribution in [3.05, 3.63) is 0 Å². The van der Waals surface area contributed by atoms with Crippen LogP contribution in [0, 0.1) is 0 Å². The molecule has 0 radical (unpaired) electrons. The van der Waals surface area contributed by atoms with Gasteiger partial charge in [-0.2, -0.15) is 11.4 Å². The van der Waals surface area contributed by atoms with Gasteiger partial charge in [-0.15, -0.1) is 0 Å². The van der Waals surface area contributed by atoms with Crippen molar-refractivity contribution >= 4 is 0 Å². The highest BCUT2D eigenvalue weighted by Gasteiger charge is 1.70. The summed E-state index contributed by atoms with van der Waals surface area (Å²) in [7, 11) is 0. The zero-order valence-corrected chi connectivity index (χ0v) is 3.18. The van der Waals surface area contributed by atoms with E-state index >= 15 is 0 Å². The van der Waals surface area contributed by atoms with Crippen molar-refractivity contribution < 1.29 is 9.78 Å². The Hall–Kier alpha value is -0.200. The average Bonchev–Trinajstić information content (AvgIpc) is 1.61. The maximum Gasteiger partial charge on any atom is 0.142 e. The van der Waals surface area contributed by atoms with Crippen LogP contribution in [0.25, 0.3) is 0 Å². The van der Waals surface area contributed by atoms with Gasteiger partial charge in [0.1, 0.15) is 6.73 Å². The summed E-state index contributed by atoms with van der Waals surface area (Å²) < 4.78 is 0. The van der Waals surface area contributed by atoms with Gasteiger partial charge in [-0.05, 0) is 0 Å². The quantitative estimate of drug-likeness (QED) is 0.218. The second-order valence-corrected chi connectivity index (χ2v) is 0.573. The third kappa shape index (κ3) is 3.80. The van der Waals surface area contributed by atoms with Gasteiger partial charge in [0.15, 0.2) is 0 Å². The molecule has 0 aliphatic heterocycles. The van der Waals surface area contributed by atoms with Crippen LogP contribution >= 0.6 is 0 Å². The number of nitrogens with one attached hydrogen (secondary N) is 1. The number of rotatable bonds is 3. The molecule has 0 atom stereocenters. The number of hydroxylamine groups is 1. The SMILES string of the molecule is NOCNON. The number of hydrogen-bond donors (Lipinski definition) is 3. The van der Waals surface area contributed by atoms with Gasteiger partial charge in [0.25, 0.3) is 0 Å². The Bertz CT molecular complexity index is 20.8. The van der Waals surface area contributed by atoms with Gasteiger partial charge < -0.3 is 0 Å². The molecule has 5 heteroatoms. The molecule has 0 saturated heterocycles. The van der Waals surface area contributed by atoms with Crippen LogP contribution in [-0.4, -0.2) is 6.73 Å². The van der Waals surface area contributed by atoms with Crippen LogP contribution in [0.3, 0.4) is 0 Å². The van der Waals surface area contributed by atoms with Crippen molar-refractivity contribution in [2.24, 2.45) is 11.8 Å². The largest absolute Gasteiger partial charge is 0.287 e. The monoisotopic (exact) mass is 93.1 g/mol. The Morgan fingerprint density at radius 3 is 2.33 bits per heavy atom. The van der Waals surface area contributed by atoms with E-state index in [1.54, 1.807) is 0 Å². The zero-order chi connectivity index (χ0) is 4.83. The van der Waals surface area contributed by atoms with E-state index in [0.29, 0.717) is 0 Å². The predicted molar refractivity (Wildman–Crippen MR) is 18.5 cm³/mol. The first-order chi connectivity index (χ1) is 2.91. The molecule has 0 heterocycles. The minimum Gasteiger partial charge on any atom is -0.287 e. The molecule has 38 valence electrons. The maximum atomic E-state index is 4.52. The van der Waals surface area contributed by atoms with Crippen LogP contribution < -0.4 is 17.3 Å². The van der Waals surface area contributed by atoms with E-state index in [1.165, 1.54) is 0 Å². The standard InChI is InChI=1S/CH7N3O2/c2-5-1-4-6-3/h4H,1-3H2. The lowest BCUT2D eigenvalue weighted by molar-refractivity contribution is -0.0355. The van der Waals surface area contributed by atoms with E-state index < -0.39 is 0 Å². The highest BCUT2D eigenvalue weighted by atomic mass is 16.8. The highest BCUT2D eigenvalue weighted by molar-refractivity contribution is 3.95. The summed E-state index contributed by atoms with van der Waals surface area (Å²) >= 11 is 0. The van der Waals surface area contributed by atoms with Crippen molar-refractivity contribution in [1.29, 1.82) is 0 Å². The molecule has 0 aromatic carbocycles. The highest BCUT2D eigenvalue weighted by Crippen LogP contribution is 1.46. The Morgan fingerprint density at radius 1 is 1.50 bits per heavy atom. The average molecular weight is 93.1 g/mol. The smallest absolute Gasteiger partial charge is 0.142 e. The van der Waals surface area contributed by atoms with Crippen LogP contribution in [0.15, 0.2) is 0 Å². The molecule has 5 nitrogen and oxygen atoms in total. The van der Waals surface area contributed by atoms with Crippen LogP contribution in [0.4, 0.5) is 0 Å². The van der Waals surface area contributed by atoms with E-state index in [-0.39, 0.29) is 6.73 Å².